The number of amides is 1. The minimum Gasteiger partial charge on any atom is -0.494 e. The Balaban J connectivity index is 1.98. The first-order valence-electron chi connectivity index (χ1n) is 6.61. The maximum atomic E-state index is 11.9. The van der Waals surface area contributed by atoms with Gasteiger partial charge in [0.05, 0.1) is 17.8 Å². The summed E-state index contributed by atoms with van der Waals surface area (Å²) in [6.45, 7) is 2.48. The van der Waals surface area contributed by atoms with Crippen molar-refractivity contribution >= 4 is 35.3 Å². The van der Waals surface area contributed by atoms with Gasteiger partial charge < -0.3 is 4.74 Å². The van der Waals surface area contributed by atoms with Crippen LogP contribution in [0.25, 0.3) is 0 Å². The Morgan fingerprint density at radius 3 is 2.59 bits per heavy atom. The Morgan fingerprint density at radius 1 is 1.23 bits per heavy atom. The van der Waals surface area contributed by atoms with Crippen LogP contribution in [0.4, 0.5) is 0 Å². The number of nitrogens with zero attached hydrogens (tertiary/aromatic N) is 1. The average Bonchev–Trinajstić information content (AvgIpc) is 2.50. The lowest BCUT2D eigenvalue weighted by atomic mass is 10.2. The van der Waals surface area contributed by atoms with Crippen molar-refractivity contribution in [1.29, 1.82) is 0 Å². The molecule has 0 unspecified atom stereocenters. The van der Waals surface area contributed by atoms with Crippen molar-refractivity contribution in [3.8, 4) is 5.75 Å². The van der Waals surface area contributed by atoms with E-state index in [0.29, 0.717) is 27.8 Å². The molecule has 6 heteroatoms. The number of carbonyl (C=O) groups excluding carboxylic acids is 1. The fourth-order valence-corrected chi connectivity index (χ4v) is 2.16. The van der Waals surface area contributed by atoms with Crippen molar-refractivity contribution in [3.63, 3.8) is 0 Å². The molecule has 1 N–H and O–H groups in total. The molecule has 0 spiro atoms. The monoisotopic (exact) mass is 336 g/mol. The summed E-state index contributed by atoms with van der Waals surface area (Å²) in [7, 11) is 0. The van der Waals surface area contributed by atoms with Crippen LogP contribution in [0.3, 0.4) is 0 Å². The second-order valence-electron chi connectivity index (χ2n) is 4.32. The minimum atomic E-state index is -0.315. The Labute approximate surface area is 138 Å². The number of hydrogen-bond donors (Lipinski definition) is 1. The average molecular weight is 337 g/mol. The molecule has 0 aliphatic heterocycles. The van der Waals surface area contributed by atoms with Crippen molar-refractivity contribution in [1.82, 2.24) is 5.43 Å². The van der Waals surface area contributed by atoms with Gasteiger partial charge in [0, 0.05) is 16.1 Å². The number of carbonyl (C=O) groups is 1. The zero-order valence-corrected chi connectivity index (χ0v) is 13.4. The zero-order chi connectivity index (χ0) is 15.9. The van der Waals surface area contributed by atoms with Crippen LogP contribution >= 0.6 is 23.2 Å². The van der Waals surface area contributed by atoms with Crippen LogP contribution < -0.4 is 10.2 Å². The van der Waals surface area contributed by atoms with Crippen LogP contribution in [-0.2, 0) is 0 Å². The van der Waals surface area contributed by atoms with Gasteiger partial charge in [-0.25, -0.2) is 5.43 Å². The molecule has 0 radical (unpaired) electrons. The lowest BCUT2D eigenvalue weighted by molar-refractivity contribution is 0.0955. The smallest absolute Gasteiger partial charge is 0.271 e. The van der Waals surface area contributed by atoms with Crippen LogP contribution in [-0.4, -0.2) is 18.7 Å². The van der Waals surface area contributed by atoms with Crippen LogP contribution in [0, 0.1) is 0 Å². The summed E-state index contributed by atoms with van der Waals surface area (Å²) < 4.78 is 5.32. The molecular formula is C16H14Cl2N2O2. The van der Waals surface area contributed by atoms with Gasteiger partial charge in [-0.15, -0.1) is 0 Å². The lowest BCUT2D eigenvalue weighted by Crippen LogP contribution is -2.17. The van der Waals surface area contributed by atoms with Crippen molar-refractivity contribution in [2.45, 2.75) is 6.92 Å². The second-order valence-corrected chi connectivity index (χ2v) is 5.17. The molecule has 0 fully saturated rings. The van der Waals surface area contributed by atoms with Gasteiger partial charge in [-0.05, 0) is 43.3 Å². The maximum absolute atomic E-state index is 11.9. The highest BCUT2D eigenvalue weighted by Gasteiger charge is 2.04. The molecule has 0 aliphatic carbocycles. The van der Waals surface area contributed by atoms with Gasteiger partial charge in [0.2, 0.25) is 0 Å². The molecule has 2 aromatic carbocycles. The summed E-state index contributed by atoms with van der Waals surface area (Å²) in [6.07, 6.45) is 1.46. The first kappa shape index (κ1) is 16.3. The van der Waals surface area contributed by atoms with E-state index in [1.807, 2.05) is 6.92 Å². The number of benzene rings is 2. The largest absolute Gasteiger partial charge is 0.494 e. The Hall–Kier alpha value is -2.04. The molecule has 1 amide bonds. The Morgan fingerprint density at radius 2 is 1.95 bits per heavy atom. The molecule has 0 aliphatic rings. The van der Waals surface area contributed by atoms with Gasteiger partial charge in [0.1, 0.15) is 5.75 Å². The highest BCUT2D eigenvalue weighted by Crippen LogP contribution is 2.19. The van der Waals surface area contributed by atoms with Gasteiger partial charge >= 0.3 is 0 Å². The van der Waals surface area contributed by atoms with Crippen molar-refractivity contribution in [2.24, 2.45) is 5.10 Å². The minimum absolute atomic E-state index is 0.315. The number of hydrogen-bond acceptors (Lipinski definition) is 3. The van der Waals surface area contributed by atoms with Crippen LogP contribution in [0.2, 0.25) is 10.0 Å². The summed E-state index contributed by atoms with van der Waals surface area (Å²) in [5.74, 6) is 0.403. The molecule has 2 aromatic rings. The lowest BCUT2D eigenvalue weighted by Gasteiger charge is -2.04. The molecular weight excluding hydrogens is 323 g/mol. The summed E-state index contributed by atoms with van der Waals surface area (Å²) in [5.41, 5.74) is 3.59. The van der Waals surface area contributed by atoms with E-state index in [1.165, 1.54) is 6.21 Å². The van der Waals surface area contributed by atoms with E-state index in [0.717, 1.165) is 5.75 Å². The van der Waals surface area contributed by atoms with E-state index in [-0.39, 0.29) is 5.91 Å². The molecule has 2 rings (SSSR count). The van der Waals surface area contributed by atoms with E-state index < -0.39 is 0 Å². The first-order chi connectivity index (χ1) is 10.6. The Bertz CT molecular complexity index is 685. The van der Waals surface area contributed by atoms with Crippen LogP contribution in [0.1, 0.15) is 22.8 Å². The summed E-state index contributed by atoms with van der Waals surface area (Å²) in [6, 6.07) is 11.8. The highest BCUT2D eigenvalue weighted by molar-refractivity contribution is 6.36. The summed E-state index contributed by atoms with van der Waals surface area (Å²) in [5, 5.41) is 4.89. The third-order valence-corrected chi connectivity index (χ3v) is 3.32. The van der Waals surface area contributed by atoms with Crippen molar-refractivity contribution in [3.05, 3.63) is 63.6 Å². The van der Waals surface area contributed by atoms with Gasteiger partial charge in [0.15, 0.2) is 0 Å². The van der Waals surface area contributed by atoms with Gasteiger partial charge in [0.25, 0.3) is 5.91 Å². The molecule has 4 nitrogen and oxygen atoms in total. The molecule has 0 heterocycles. The standard InChI is InChI=1S/C16H14Cl2N2O2/c1-2-22-14-7-4-11(5-8-14)16(21)20-19-10-12-3-6-13(17)9-15(12)18/h3-10H,2H2,1H3,(H,20,21). The van der Waals surface area contributed by atoms with E-state index in [2.05, 4.69) is 10.5 Å². The topological polar surface area (TPSA) is 50.7 Å². The van der Waals surface area contributed by atoms with E-state index in [4.69, 9.17) is 27.9 Å². The molecule has 0 atom stereocenters. The molecule has 0 saturated carbocycles. The van der Waals surface area contributed by atoms with E-state index in [9.17, 15) is 4.79 Å². The fraction of sp³-hybridized carbons (Fsp3) is 0.125. The van der Waals surface area contributed by atoms with Crippen LogP contribution in [0.5, 0.6) is 5.75 Å². The predicted octanol–water partition coefficient (Wildman–Crippen LogP) is 4.16. The van der Waals surface area contributed by atoms with Gasteiger partial charge in [-0.3, -0.25) is 4.79 Å². The third-order valence-electron chi connectivity index (χ3n) is 2.76. The number of ether oxygens (including phenoxy) is 1. The first-order valence-corrected chi connectivity index (χ1v) is 7.37. The maximum Gasteiger partial charge on any atom is 0.271 e. The van der Waals surface area contributed by atoms with Gasteiger partial charge in [-0.1, -0.05) is 29.3 Å². The third kappa shape index (κ3) is 4.48. The number of hydrazone groups is 1. The summed E-state index contributed by atoms with van der Waals surface area (Å²) >= 11 is 11.8. The number of rotatable bonds is 5. The molecule has 114 valence electrons. The van der Waals surface area contributed by atoms with E-state index in [1.54, 1.807) is 42.5 Å². The zero-order valence-electron chi connectivity index (χ0n) is 11.8. The summed E-state index contributed by atoms with van der Waals surface area (Å²) in [4.78, 5) is 11.9. The molecule has 0 bridgehead atoms. The fourth-order valence-electron chi connectivity index (χ4n) is 1.70. The molecule has 22 heavy (non-hydrogen) atoms. The highest BCUT2D eigenvalue weighted by atomic mass is 35.5. The SMILES string of the molecule is CCOc1ccc(C(=O)NN=Cc2ccc(Cl)cc2Cl)cc1. The molecule has 0 aromatic heterocycles. The number of halogens is 2. The van der Waals surface area contributed by atoms with Crippen molar-refractivity contribution < 1.29 is 9.53 Å². The predicted molar refractivity (Wildman–Crippen MR) is 89.1 cm³/mol. The molecule has 0 saturated heterocycles. The number of nitrogens with one attached hydrogen (secondary N) is 1. The van der Waals surface area contributed by atoms with Crippen LogP contribution in [0.15, 0.2) is 47.6 Å². The van der Waals surface area contributed by atoms with Crippen molar-refractivity contribution in [2.75, 3.05) is 6.61 Å². The van der Waals surface area contributed by atoms with Gasteiger partial charge in [-0.2, -0.15) is 5.10 Å². The second kappa shape index (κ2) is 7.82. The quantitative estimate of drug-likeness (QED) is 0.658. The Kier molecular flexibility index (Phi) is 5.81. The normalized spacial score (nSPS) is 10.7. The van der Waals surface area contributed by atoms with E-state index >= 15 is 0 Å².